The molecule has 2 heterocycles. The van der Waals surface area contributed by atoms with Crippen LogP contribution >= 0.6 is 0 Å². The topological polar surface area (TPSA) is 25.4 Å². The SMILES string of the molecule is [C-]#[N+]c1ccc2c(c1)C(C)(C)c1ccccc1N2c1ccc(-c2c(-c3ccccc3)nn(-c3ccccc3)c2-c2ccccc2)cc1. The Balaban J connectivity index is 1.34. The first kappa shape index (κ1) is 28.3. The minimum absolute atomic E-state index is 0.246. The predicted molar refractivity (Wildman–Crippen MR) is 193 cm³/mol. The second-order valence-electron chi connectivity index (χ2n) is 12.4. The van der Waals surface area contributed by atoms with E-state index in [1.165, 1.54) is 5.56 Å². The van der Waals surface area contributed by atoms with Gasteiger partial charge in [-0.15, -0.1) is 0 Å². The van der Waals surface area contributed by atoms with Crippen LogP contribution in [0.25, 0.3) is 44.2 Å². The van der Waals surface area contributed by atoms with Crippen molar-refractivity contribution in [2.45, 2.75) is 19.3 Å². The summed E-state index contributed by atoms with van der Waals surface area (Å²) in [6.07, 6.45) is 0. The Bertz CT molecular complexity index is 2260. The number of hydrogen-bond acceptors (Lipinski definition) is 2. The Kier molecular flexibility index (Phi) is 6.82. The van der Waals surface area contributed by atoms with Gasteiger partial charge in [0.2, 0.25) is 0 Å². The highest BCUT2D eigenvalue weighted by Gasteiger charge is 2.36. The van der Waals surface area contributed by atoms with Crippen molar-refractivity contribution < 1.29 is 0 Å². The molecular weight excluding hydrogens is 573 g/mol. The van der Waals surface area contributed by atoms with E-state index < -0.39 is 0 Å². The molecule has 47 heavy (non-hydrogen) atoms. The van der Waals surface area contributed by atoms with E-state index in [9.17, 15) is 0 Å². The summed E-state index contributed by atoms with van der Waals surface area (Å²) in [5, 5.41) is 5.29. The standard InChI is InChI=1S/C43H32N4/c1-43(2)36-21-13-14-22-38(36)46(39-28-25-33(44-3)29-37(39)43)34-26-23-30(24-27-34)40-41(31-15-7-4-8-16-31)45-47(35-19-11-6-12-20-35)42(40)32-17-9-5-10-18-32/h4-29H,1-2H3. The molecule has 0 spiro atoms. The number of para-hydroxylation sites is 2. The van der Waals surface area contributed by atoms with Crippen LogP contribution in [0.4, 0.5) is 22.7 Å². The lowest BCUT2D eigenvalue weighted by atomic mass is 9.73. The highest BCUT2D eigenvalue weighted by molar-refractivity contribution is 5.94. The normalized spacial score (nSPS) is 13.0. The van der Waals surface area contributed by atoms with E-state index >= 15 is 0 Å². The van der Waals surface area contributed by atoms with Crippen LogP contribution in [0.3, 0.4) is 0 Å². The molecule has 0 atom stereocenters. The summed E-state index contributed by atoms with van der Waals surface area (Å²) in [5.74, 6) is 0. The van der Waals surface area contributed by atoms with Crippen molar-refractivity contribution in [2.75, 3.05) is 4.90 Å². The molecule has 0 amide bonds. The number of hydrogen-bond donors (Lipinski definition) is 0. The van der Waals surface area contributed by atoms with Crippen LogP contribution < -0.4 is 4.90 Å². The Hall–Kier alpha value is -6.18. The van der Waals surface area contributed by atoms with Crippen LogP contribution in [0.5, 0.6) is 0 Å². The van der Waals surface area contributed by atoms with E-state index in [1.807, 2.05) is 18.2 Å². The Morgan fingerprint density at radius 1 is 0.553 bits per heavy atom. The molecule has 0 saturated heterocycles. The molecule has 1 aromatic heterocycles. The van der Waals surface area contributed by atoms with Gasteiger partial charge < -0.3 is 4.90 Å². The van der Waals surface area contributed by atoms with Gasteiger partial charge in [-0.2, -0.15) is 5.10 Å². The first-order chi connectivity index (χ1) is 23.0. The van der Waals surface area contributed by atoms with Gasteiger partial charge in [0.05, 0.1) is 23.6 Å². The maximum absolute atomic E-state index is 7.68. The largest absolute Gasteiger partial charge is 0.310 e. The molecule has 0 unspecified atom stereocenters. The van der Waals surface area contributed by atoms with Gasteiger partial charge in [-0.05, 0) is 53.1 Å². The monoisotopic (exact) mass is 604 g/mol. The third-order valence-corrected chi connectivity index (χ3v) is 9.24. The van der Waals surface area contributed by atoms with Crippen molar-refractivity contribution in [3.8, 4) is 39.3 Å². The van der Waals surface area contributed by atoms with E-state index in [4.69, 9.17) is 11.7 Å². The van der Waals surface area contributed by atoms with Gasteiger partial charge in [-0.1, -0.05) is 135 Å². The van der Waals surface area contributed by atoms with Gasteiger partial charge in [0.1, 0.15) is 5.69 Å². The molecule has 0 radical (unpaired) electrons. The molecule has 0 bridgehead atoms. The van der Waals surface area contributed by atoms with E-state index in [0.717, 1.165) is 62.0 Å². The van der Waals surface area contributed by atoms with Crippen molar-refractivity contribution in [3.05, 3.63) is 180 Å². The molecule has 0 N–H and O–H groups in total. The molecule has 0 saturated carbocycles. The summed E-state index contributed by atoms with van der Waals surface area (Å²) in [7, 11) is 0. The fraction of sp³-hybridized carbons (Fsp3) is 0.0698. The van der Waals surface area contributed by atoms with Gasteiger partial charge >= 0.3 is 0 Å². The lowest BCUT2D eigenvalue weighted by molar-refractivity contribution is 0.632. The molecule has 0 aliphatic carbocycles. The first-order valence-electron chi connectivity index (χ1n) is 15.9. The van der Waals surface area contributed by atoms with E-state index in [1.54, 1.807) is 0 Å². The van der Waals surface area contributed by atoms with Gasteiger partial charge in [0.25, 0.3) is 0 Å². The quantitative estimate of drug-likeness (QED) is 0.183. The maximum atomic E-state index is 7.68. The highest BCUT2D eigenvalue weighted by Crippen LogP contribution is 2.53. The Morgan fingerprint density at radius 2 is 1.15 bits per heavy atom. The summed E-state index contributed by atoms with van der Waals surface area (Å²) in [6, 6.07) is 54.9. The number of aromatic nitrogens is 2. The zero-order valence-electron chi connectivity index (χ0n) is 26.3. The zero-order valence-corrected chi connectivity index (χ0v) is 26.3. The van der Waals surface area contributed by atoms with Crippen LogP contribution in [0, 0.1) is 6.57 Å². The van der Waals surface area contributed by atoms with Gasteiger partial charge in [-0.3, -0.25) is 0 Å². The molecule has 1 aliphatic rings. The Labute approximate surface area is 275 Å². The van der Waals surface area contributed by atoms with Crippen molar-refractivity contribution in [1.82, 2.24) is 9.78 Å². The molecular formula is C43H32N4. The van der Waals surface area contributed by atoms with Crippen molar-refractivity contribution in [2.24, 2.45) is 0 Å². The summed E-state index contributed by atoms with van der Waals surface area (Å²) >= 11 is 0. The van der Waals surface area contributed by atoms with Crippen molar-refractivity contribution >= 4 is 22.7 Å². The lowest BCUT2D eigenvalue weighted by Gasteiger charge is -2.42. The van der Waals surface area contributed by atoms with Gasteiger partial charge in [0, 0.05) is 33.5 Å². The minimum atomic E-state index is -0.246. The number of anilines is 3. The molecule has 8 rings (SSSR count). The van der Waals surface area contributed by atoms with Gasteiger partial charge in [0.15, 0.2) is 5.69 Å². The summed E-state index contributed by atoms with van der Waals surface area (Å²) in [4.78, 5) is 6.09. The fourth-order valence-electron chi connectivity index (χ4n) is 6.92. The third-order valence-electron chi connectivity index (χ3n) is 9.24. The number of nitrogens with zero attached hydrogens (tertiary/aromatic N) is 4. The second kappa shape index (κ2) is 11.3. The molecule has 1 aliphatic heterocycles. The average molecular weight is 605 g/mol. The minimum Gasteiger partial charge on any atom is -0.310 e. The fourth-order valence-corrected chi connectivity index (χ4v) is 6.92. The van der Waals surface area contributed by atoms with E-state index in [-0.39, 0.29) is 5.41 Å². The third kappa shape index (κ3) is 4.72. The van der Waals surface area contributed by atoms with Crippen molar-refractivity contribution in [1.29, 1.82) is 0 Å². The molecule has 6 aromatic carbocycles. The van der Waals surface area contributed by atoms with Crippen LogP contribution in [0.1, 0.15) is 25.0 Å². The first-order valence-corrected chi connectivity index (χ1v) is 15.9. The maximum Gasteiger partial charge on any atom is 0.187 e. The smallest absolute Gasteiger partial charge is 0.187 e. The summed E-state index contributed by atoms with van der Waals surface area (Å²) in [5.41, 5.74) is 13.4. The average Bonchev–Trinajstić information content (AvgIpc) is 3.54. The van der Waals surface area contributed by atoms with Gasteiger partial charge in [-0.25, -0.2) is 9.53 Å². The molecule has 0 fully saturated rings. The van der Waals surface area contributed by atoms with Crippen LogP contribution in [-0.2, 0) is 5.41 Å². The van der Waals surface area contributed by atoms with E-state index in [2.05, 4.69) is 168 Å². The predicted octanol–water partition coefficient (Wildman–Crippen LogP) is 11.5. The molecule has 4 nitrogen and oxygen atoms in total. The lowest BCUT2D eigenvalue weighted by Crippen LogP contribution is -2.30. The molecule has 7 aromatic rings. The Morgan fingerprint density at radius 3 is 1.83 bits per heavy atom. The molecule has 4 heteroatoms. The van der Waals surface area contributed by atoms with Crippen LogP contribution in [0.15, 0.2) is 158 Å². The van der Waals surface area contributed by atoms with E-state index in [0.29, 0.717) is 5.69 Å². The van der Waals surface area contributed by atoms with Crippen molar-refractivity contribution in [3.63, 3.8) is 0 Å². The number of rotatable bonds is 5. The van der Waals surface area contributed by atoms with Crippen LogP contribution in [0.2, 0.25) is 0 Å². The zero-order chi connectivity index (χ0) is 32.0. The summed E-state index contributed by atoms with van der Waals surface area (Å²) in [6.45, 7) is 12.2. The highest BCUT2D eigenvalue weighted by atomic mass is 15.3. The summed E-state index contributed by atoms with van der Waals surface area (Å²) < 4.78 is 2.08. The van der Waals surface area contributed by atoms with Crippen LogP contribution in [-0.4, -0.2) is 9.78 Å². The molecule has 224 valence electrons. The second-order valence-corrected chi connectivity index (χ2v) is 12.4. The number of fused-ring (bicyclic) bond motifs is 2. The number of benzene rings is 6.